The topological polar surface area (TPSA) is 90.0 Å². The number of ketones is 2. The van der Waals surface area contributed by atoms with Crippen LogP contribution in [0.25, 0.3) is 0 Å². The fraction of sp³-hybridized carbons (Fsp3) is 0.457. The first-order chi connectivity index (χ1) is 19.7. The zero-order valence-electron chi connectivity index (χ0n) is 27.0. The van der Waals surface area contributed by atoms with Gasteiger partial charge in [-0.2, -0.15) is 0 Å². The lowest BCUT2D eigenvalue weighted by atomic mass is 9.88. The van der Waals surface area contributed by atoms with Crippen LogP contribution in [0, 0.1) is 17.8 Å². The molecule has 2 rings (SSSR count). The van der Waals surface area contributed by atoms with Gasteiger partial charge in [0.25, 0.3) is 5.91 Å². The van der Waals surface area contributed by atoms with Crippen molar-refractivity contribution in [3.63, 3.8) is 0 Å². The average Bonchev–Trinajstić information content (AvgIpc) is 2.94. The third-order valence-electron chi connectivity index (χ3n) is 7.03. The molecule has 0 aromatic heterocycles. The molecule has 2 aromatic carbocycles. The fourth-order valence-corrected chi connectivity index (χ4v) is 4.60. The van der Waals surface area contributed by atoms with E-state index < -0.39 is 5.91 Å². The summed E-state index contributed by atoms with van der Waals surface area (Å²) < 4.78 is 0. The van der Waals surface area contributed by atoms with Crippen molar-refractivity contribution in [2.45, 2.75) is 60.3 Å². The Morgan fingerprint density at radius 3 is 1.83 bits per heavy atom. The first kappa shape index (κ1) is 36.3. The quantitative estimate of drug-likeness (QED) is 0.0834. The van der Waals surface area contributed by atoms with E-state index in [1.165, 1.54) is 17.3 Å². The largest absolute Gasteiger partial charge is 0.378 e. The SMILES string of the molecule is CC(/C=C/C(=O)NO)=C\C(C)Cc1ccc(N(C)C)cc1.CC(=O)CCC(C)CC(C)C(=O)c1ccc(N(C)C)cc1. The molecule has 0 saturated carbocycles. The number of carbonyl (C=O) groups is 3. The molecule has 0 radical (unpaired) electrons. The number of anilines is 2. The number of nitrogens with one attached hydrogen (secondary N) is 1. The van der Waals surface area contributed by atoms with Gasteiger partial charge in [-0.25, -0.2) is 5.48 Å². The van der Waals surface area contributed by atoms with E-state index in [2.05, 4.69) is 49.1 Å². The molecule has 7 heteroatoms. The second-order valence-electron chi connectivity index (χ2n) is 11.8. The smallest absolute Gasteiger partial charge is 0.267 e. The summed E-state index contributed by atoms with van der Waals surface area (Å²) in [6.45, 7) is 9.79. The summed E-state index contributed by atoms with van der Waals surface area (Å²) in [5.41, 5.74) is 6.91. The lowest BCUT2D eigenvalue weighted by molar-refractivity contribution is -0.124. The summed E-state index contributed by atoms with van der Waals surface area (Å²) in [7, 11) is 8.02. The van der Waals surface area contributed by atoms with E-state index in [1.54, 1.807) is 18.5 Å². The van der Waals surface area contributed by atoms with Crippen LogP contribution in [0.2, 0.25) is 0 Å². The van der Waals surface area contributed by atoms with Crippen molar-refractivity contribution >= 4 is 28.8 Å². The maximum absolute atomic E-state index is 12.4. The van der Waals surface area contributed by atoms with E-state index in [-0.39, 0.29) is 17.5 Å². The number of carbonyl (C=O) groups excluding carboxylic acids is 3. The normalized spacial score (nSPS) is 13.4. The Morgan fingerprint density at radius 1 is 0.833 bits per heavy atom. The van der Waals surface area contributed by atoms with Gasteiger partial charge in [0.15, 0.2) is 5.78 Å². The number of allylic oxidation sites excluding steroid dienone is 3. The number of hydrogen-bond donors (Lipinski definition) is 2. The molecule has 0 aliphatic heterocycles. The number of nitrogens with zero attached hydrogens (tertiary/aromatic N) is 2. The monoisotopic (exact) mass is 577 g/mol. The van der Waals surface area contributed by atoms with Gasteiger partial charge in [-0.3, -0.25) is 14.8 Å². The van der Waals surface area contributed by atoms with Crippen LogP contribution < -0.4 is 15.3 Å². The third-order valence-corrected chi connectivity index (χ3v) is 7.03. The Bertz CT molecular complexity index is 1180. The van der Waals surface area contributed by atoms with Crippen LogP contribution in [-0.2, 0) is 16.0 Å². The van der Waals surface area contributed by atoms with Crippen LogP contribution in [0.15, 0.2) is 72.3 Å². The summed E-state index contributed by atoms with van der Waals surface area (Å²) >= 11 is 0. The number of hydroxylamine groups is 1. The zero-order valence-corrected chi connectivity index (χ0v) is 27.0. The Hall–Kier alpha value is -3.71. The van der Waals surface area contributed by atoms with E-state index in [0.717, 1.165) is 36.1 Å². The van der Waals surface area contributed by atoms with Gasteiger partial charge >= 0.3 is 0 Å². The lowest BCUT2D eigenvalue weighted by Crippen LogP contribution is -2.15. The van der Waals surface area contributed by atoms with Gasteiger partial charge in [0, 0.05) is 63.5 Å². The van der Waals surface area contributed by atoms with Crippen molar-refractivity contribution in [1.82, 2.24) is 5.48 Å². The van der Waals surface area contributed by atoms with Crippen LogP contribution in [-0.4, -0.2) is 50.9 Å². The summed E-state index contributed by atoms with van der Waals surface area (Å²) in [6.07, 6.45) is 8.38. The van der Waals surface area contributed by atoms with Gasteiger partial charge < -0.3 is 14.6 Å². The van der Waals surface area contributed by atoms with Crippen molar-refractivity contribution in [3.8, 4) is 0 Å². The zero-order chi connectivity index (χ0) is 31.8. The molecule has 7 nitrogen and oxygen atoms in total. The van der Waals surface area contributed by atoms with Crippen molar-refractivity contribution in [2.24, 2.45) is 17.8 Å². The number of rotatable bonds is 14. The molecule has 0 bridgehead atoms. The minimum Gasteiger partial charge on any atom is -0.378 e. The molecule has 1 amide bonds. The molecule has 0 aliphatic rings. The van der Waals surface area contributed by atoms with E-state index in [1.807, 2.05) is 71.2 Å². The second kappa shape index (κ2) is 18.7. The van der Waals surface area contributed by atoms with Crippen LogP contribution in [0.4, 0.5) is 11.4 Å². The molecule has 0 fully saturated rings. The van der Waals surface area contributed by atoms with Crippen LogP contribution >= 0.6 is 0 Å². The van der Waals surface area contributed by atoms with Crippen molar-refractivity contribution < 1.29 is 19.6 Å². The first-order valence-electron chi connectivity index (χ1n) is 14.6. The van der Waals surface area contributed by atoms with Gasteiger partial charge in [-0.05, 0) is 86.9 Å². The third kappa shape index (κ3) is 14.3. The minimum absolute atomic E-state index is 0.00263. The standard InChI is InChI=1S/C18H27NO2.C17H24N2O2/c1-13(6-7-15(3)20)12-14(2)18(21)16-8-10-17(11-9-16)19(4)5;1-13(5-10-17(20)18-21)11-14(2)12-15-6-8-16(9-7-15)19(3)4/h8-11,13-14H,6-7,12H2,1-5H3;5-11,14,21H,12H2,1-4H3,(H,18,20)/b;10-5+,13-11+. The molecular formula is C35H51N3O4. The van der Waals surface area contributed by atoms with Gasteiger partial charge in [-0.15, -0.1) is 0 Å². The Balaban J connectivity index is 0.000000420. The molecular weight excluding hydrogens is 526 g/mol. The molecule has 3 unspecified atom stereocenters. The molecule has 0 spiro atoms. The second-order valence-corrected chi connectivity index (χ2v) is 11.8. The van der Waals surface area contributed by atoms with Gasteiger partial charge in [0.05, 0.1) is 0 Å². The Morgan fingerprint density at radius 2 is 1.36 bits per heavy atom. The predicted molar refractivity (Wildman–Crippen MR) is 174 cm³/mol. The van der Waals surface area contributed by atoms with Gasteiger partial charge in [0.1, 0.15) is 5.78 Å². The minimum atomic E-state index is -0.519. The van der Waals surface area contributed by atoms with Crippen molar-refractivity contribution in [3.05, 3.63) is 83.5 Å². The predicted octanol–water partition coefficient (Wildman–Crippen LogP) is 6.91. The maximum atomic E-state index is 12.4. The highest BCUT2D eigenvalue weighted by atomic mass is 16.5. The fourth-order valence-electron chi connectivity index (χ4n) is 4.60. The molecule has 230 valence electrons. The van der Waals surface area contributed by atoms with E-state index >= 15 is 0 Å². The van der Waals surface area contributed by atoms with Gasteiger partial charge in [0.2, 0.25) is 0 Å². The van der Waals surface area contributed by atoms with Crippen LogP contribution in [0.1, 0.15) is 69.8 Å². The Kier molecular flexibility index (Phi) is 16.1. The molecule has 2 N–H and O–H groups in total. The number of Topliss-reactive ketones (excluding diaryl/α,β-unsaturated/α-hetero) is 2. The molecule has 2 aromatic rings. The average molecular weight is 578 g/mol. The van der Waals surface area contributed by atoms with E-state index in [0.29, 0.717) is 18.3 Å². The molecule has 0 heterocycles. The Labute approximate surface area is 253 Å². The van der Waals surface area contributed by atoms with Crippen LogP contribution in [0.3, 0.4) is 0 Å². The number of benzene rings is 2. The number of hydrogen-bond acceptors (Lipinski definition) is 6. The van der Waals surface area contributed by atoms with Crippen LogP contribution in [0.5, 0.6) is 0 Å². The maximum Gasteiger partial charge on any atom is 0.267 e. The highest BCUT2D eigenvalue weighted by Crippen LogP contribution is 2.22. The first-order valence-corrected chi connectivity index (χ1v) is 14.6. The highest BCUT2D eigenvalue weighted by Gasteiger charge is 2.18. The van der Waals surface area contributed by atoms with Crippen molar-refractivity contribution in [2.75, 3.05) is 38.0 Å². The summed E-state index contributed by atoms with van der Waals surface area (Å²) in [4.78, 5) is 38.4. The lowest BCUT2D eigenvalue weighted by Gasteiger charge is -2.17. The van der Waals surface area contributed by atoms with E-state index in [9.17, 15) is 14.4 Å². The summed E-state index contributed by atoms with van der Waals surface area (Å²) in [5, 5.41) is 8.41. The number of amides is 1. The van der Waals surface area contributed by atoms with E-state index in [4.69, 9.17) is 5.21 Å². The molecule has 42 heavy (non-hydrogen) atoms. The molecule has 0 saturated heterocycles. The summed E-state index contributed by atoms with van der Waals surface area (Å²) in [6, 6.07) is 16.3. The van der Waals surface area contributed by atoms with Crippen molar-refractivity contribution in [1.29, 1.82) is 0 Å². The highest BCUT2D eigenvalue weighted by molar-refractivity contribution is 5.97. The summed E-state index contributed by atoms with van der Waals surface area (Å²) in [5.74, 6) is 0.660. The van der Waals surface area contributed by atoms with Gasteiger partial charge in [-0.1, -0.05) is 50.6 Å². The molecule has 3 atom stereocenters. The molecule has 0 aliphatic carbocycles.